The molecule has 88 valence electrons. The Balaban J connectivity index is 2.70. The van der Waals surface area contributed by atoms with Gasteiger partial charge in [-0.15, -0.1) is 0 Å². The van der Waals surface area contributed by atoms with Crippen molar-refractivity contribution in [3.05, 3.63) is 0 Å². The fourth-order valence-corrected chi connectivity index (χ4v) is 1.74. The average molecular weight is 217 g/mol. The summed E-state index contributed by atoms with van der Waals surface area (Å²) in [6.45, 7) is 7.48. The fraction of sp³-hybridized carbons (Fsp3) is 0.909. The number of rotatable bonds is 1. The Hall–Kier alpha value is -0.640. The van der Waals surface area contributed by atoms with Crippen LogP contribution in [-0.2, 0) is 4.79 Å². The number of alkyl halides is 1. The lowest BCUT2D eigenvalue weighted by Gasteiger charge is -2.31. The molecule has 1 N–H and O–H groups in total. The smallest absolute Gasteiger partial charge is 0.252 e. The van der Waals surface area contributed by atoms with E-state index >= 15 is 0 Å². The van der Waals surface area contributed by atoms with Crippen molar-refractivity contribution in [2.75, 3.05) is 6.54 Å². The molecule has 0 bridgehead atoms. The molecule has 4 heteroatoms. The van der Waals surface area contributed by atoms with Gasteiger partial charge in [0.15, 0.2) is 0 Å². The Kier molecular flexibility index (Phi) is 3.38. The molecule has 0 saturated carbocycles. The zero-order chi connectivity index (χ0) is 11.8. The van der Waals surface area contributed by atoms with Crippen LogP contribution in [0.1, 0.15) is 34.1 Å². The van der Waals surface area contributed by atoms with Gasteiger partial charge in [0, 0.05) is 6.54 Å². The van der Waals surface area contributed by atoms with Gasteiger partial charge in [-0.1, -0.05) is 20.8 Å². The van der Waals surface area contributed by atoms with Gasteiger partial charge in [-0.2, -0.15) is 0 Å². The number of aliphatic hydroxyl groups is 1. The van der Waals surface area contributed by atoms with Crippen LogP contribution in [0.4, 0.5) is 4.39 Å². The maximum atomic E-state index is 13.2. The van der Waals surface area contributed by atoms with Crippen LogP contribution < -0.4 is 0 Å². The van der Waals surface area contributed by atoms with Gasteiger partial charge in [0.2, 0.25) is 0 Å². The number of hydrogen-bond donors (Lipinski definition) is 1. The fourth-order valence-electron chi connectivity index (χ4n) is 1.74. The Bertz CT molecular complexity index is 249. The van der Waals surface area contributed by atoms with E-state index in [0.29, 0.717) is 13.0 Å². The van der Waals surface area contributed by atoms with Crippen molar-refractivity contribution in [2.45, 2.75) is 52.4 Å². The van der Waals surface area contributed by atoms with Gasteiger partial charge in [-0.05, 0) is 18.8 Å². The molecule has 2 unspecified atom stereocenters. The summed E-state index contributed by atoms with van der Waals surface area (Å²) in [5, 5.41) is 9.81. The number of halogens is 1. The van der Waals surface area contributed by atoms with Crippen molar-refractivity contribution in [3.63, 3.8) is 0 Å². The van der Waals surface area contributed by atoms with Crippen LogP contribution in [0.15, 0.2) is 0 Å². The second-order valence-corrected chi connectivity index (χ2v) is 5.35. The van der Waals surface area contributed by atoms with E-state index in [0.717, 1.165) is 0 Å². The minimum Gasteiger partial charge on any atom is -0.383 e. The molecule has 1 fully saturated rings. The second-order valence-electron chi connectivity index (χ2n) is 5.35. The highest BCUT2D eigenvalue weighted by Gasteiger charge is 2.39. The van der Waals surface area contributed by atoms with E-state index in [2.05, 4.69) is 0 Å². The predicted molar refractivity (Wildman–Crippen MR) is 56.1 cm³/mol. The molecule has 15 heavy (non-hydrogen) atoms. The number of amides is 1. The number of aliphatic hydroxyl groups excluding tert-OH is 1. The van der Waals surface area contributed by atoms with Crippen LogP contribution in [0.3, 0.4) is 0 Å². The lowest BCUT2D eigenvalue weighted by Crippen LogP contribution is -2.47. The predicted octanol–water partition coefficient (Wildman–Crippen LogP) is 1.35. The first-order valence-electron chi connectivity index (χ1n) is 5.37. The number of hydrogen-bond acceptors (Lipinski definition) is 2. The highest BCUT2D eigenvalue weighted by atomic mass is 19.1. The van der Waals surface area contributed by atoms with Crippen molar-refractivity contribution < 1.29 is 14.3 Å². The average Bonchev–Trinajstić information content (AvgIpc) is 2.44. The van der Waals surface area contributed by atoms with Crippen molar-refractivity contribution in [2.24, 2.45) is 5.41 Å². The highest BCUT2D eigenvalue weighted by molar-refractivity contribution is 5.82. The normalized spacial score (nSPS) is 29.3. The van der Waals surface area contributed by atoms with E-state index in [1.807, 2.05) is 0 Å². The highest BCUT2D eigenvalue weighted by Crippen LogP contribution is 2.26. The molecular formula is C11H20FNO2. The van der Waals surface area contributed by atoms with Gasteiger partial charge in [0.05, 0.1) is 6.04 Å². The summed E-state index contributed by atoms with van der Waals surface area (Å²) in [5.41, 5.74) is -0.495. The maximum Gasteiger partial charge on any atom is 0.252 e. The summed E-state index contributed by atoms with van der Waals surface area (Å²) in [7, 11) is 0. The molecule has 3 atom stereocenters. The van der Waals surface area contributed by atoms with E-state index in [1.165, 1.54) is 4.90 Å². The molecular weight excluding hydrogens is 197 g/mol. The maximum absolute atomic E-state index is 13.2. The molecule has 1 rings (SSSR count). The van der Waals surface area contributed by atoms with Crippen LogP contribution in [-0.4, -0.2) is 40.8 Å². The molecule has 1 aliphatic heterocycles. The summed E-state index contributed by atoms with van der Waals surface area (Å²) in [6.07, 6.45) is -1.63. The minimum atomic E-state index is -1.05. The Morgan fingerprint density at radius 3 is 2.40 bits per heavy atom. The molecule has 0 aromatic heterocycles. The third-order valence-corrected chi connectivity index (χ3v) is 3.00. The van der Waals surface area contributed by atoms with Gasteiger partial charge in [0.25, 0.3) is 5.91 Å². The van der Waals surface area contributed by atoms with Crippen LogP contribution in [0, 0.1) is 5.41 Å². The summed E-state index contributed by atoms with van der Waals surface area (Å²) in [4.78, 5) is 13.3. The molecule has 0 aromatic rings. The second kappa shape index (κ2) is 4.08. The Labute approximate surface area is 90.3 Å². The molecule has 3 nitrogen and oxygen atoms in total. The van der Waals surface area contributed by atoms with Gasteiger partial charge >= 0.3 is 0 Å². The summed E-state index contributed by atoms with van der Waals surface area (Å²) >= 11 is 0. The molecule has 0 spiro atoms. The van der Waals surface area contributed by atoms with Crippen molar-refractivity contribution >= 4 is 5.91 Å². The van der Waals surface area contributed by atoms with E-state index < -0.39 is 23.7 Å². The van der Waals surface area contributed by atoms with Crippen LogP contribution >= 0.6 is 0 Å². The lowest BCUT2D eigenvalue weighted by atomic mass is 9.88. The van der Waals surface area contributed by atoms with Crippen molar-refractivity contribution in [1.29, 1.82) is 0 Å². The largest absolute Gasteiger partial charge is 0.383 e. The SMILES string of the molecule is CC1C(F)CCN1C(=O)[C@@H](O)C(C)(C)C. The molecule has 0 aliphatic carbocycles. The quantitative estimate of drug-likeness (QED) is 0.720. The van der Waals surface area contributed by atoms with Crippen molar-refractivity contribution in [1.82, 2.24) is 4.90 Å². The van der Waals surface area contributed by atoms with Gasteiger partial charge in [0.1, 0.15) is 12.3 Å². The third kappa shape index (κ3) is 2.48. The Morgan fingerprint density at radius 1 is 1.53 bits per heavy atom. The van der Waals surface area contributed by atoms with Crippen LogP contribution in [0.25, 0.3) is 0 Å². The summed E-state index contributed by atoms with van der Waals surface area (Å²) in [6, 6.07) is -0.408. The number of carbonyl (C=O) groups is 1. The van der Waals surface area contributed by atoms with Gasteiger partial charge < -0.3 is 10.0 Å². The monoisotopic (exact) mass is 217 g/mol. The zero-order valence-corrected chi connectivity index (χ0v) is 9.83. The lowest BCUT2D eigenvalue weighted by molar-refractivity contribution is -0.146. The van der Waals surface area contributed by atoms with Gasteiger partial charge in [-0.3, -0.25) is 4.79 Å². The minimum absolute atomic E-state index is 0.352. The molecule has 1 aliphatic rings. The molecule has 0 radical (unpaired) electrons. The van der Waals surface area contributed by atoms with E-state index in [4.69, 9.17) is 0 Å². The molecule has 1 saturated heterocycles. The van der Waals surface area contributed by atoms with Gasteiger partial charge in [-0.25, -0.2) is 4.39 Å². The first-order valence-corrected chi connectivity index (χ1v) is 5.37. The number of carbonyl (C=O) groups excluding carboxylic acids is 1. The number of likely N-dealkylation sites (tertiary alicyclic amines) is 1. The first kappa shape index (κ1) is 12.4. The van der Waals surface area contributed by atoms with Crippen LogP contribution in [0.5, 0.6) is 0 Å². The standard InChI is InChI=1S/C11H20FNO2/c1-7-8(12)5-6-13(7)10(15)9(14)11(2,3)4/h7-9,14H,5-6H2,1-4H3/t7?,8?,9-/m1/s1. The van der Waals surface area contributed by atoms with E-state index in [-0.39, 0.29) is 5.91 Å². The summed E-state index contributed by atoms with van der Waals surface area (Å²) in [5.74, 6) is -0.352. The van der Waals surface area contributed by atoms with Crippen LogP contribution in [0.2, 0.25) is 0 Å². The zero-order valence-electron chi connectivity index (χ0n) is 9.83. The van der Waals surface area contributed by atoms with Crippen molar-refractivity contribution in [3.8, 4) is 0 Å². The Morgan fingerprint density at radius 2 is 2.07 bits per heavy atom. The third-order valence-electron chi connectivity index (χ3n) is 3.00. The van der Waals surface area contributed by atoms with E-state index in [9.17, 15) is 14.3 Å². The number of nitrogens with zero attached hydrogens (tertiary/aromatic N) is 1. The molecule has 0 aromatic carbocycles. The molecule has 1 heterocycles. The topological polar surface area (TPSA) is 40.5 Å². The summed E-state index contributed by atoms with van der Waals surface area (Å²) < 4.78 is 13.2. The molecule has 1 amide bonds. The first-order chi connectivity index (χ1) is 6.75. The van der Waals surface area contributed by atoms with E-state index in [1.54, 1.807) is 27.7 Å².